The Labute approximate surface area is 141 Å². The third-order valence-corrected chi connectivity index (χ3v) is 4.90. The van der Waals surface area contributed by atoms with Gasteiger partial charge in [-0.1, -0.05) is 28.1 Å². The predicted molar refractivity (Wildman–Crippen MR) is 87.2 cm³/mol. The molecule has 2 aromatic rings. The first-order valence-electron chi connectivity index (χ1n) is 7.20. The number of carbonyl (C=O) groups is 1. The minimum Gasteiger partial charge on any atom is -0.469 e. The second-order valence-electron chi connectivity index (χ2n) is 6.04. The van der Waals surface area contributed by atoms with Gasteiger partial charge in [-0.15, -0.1) is 0 Å². The molecule has 3 atom stereocenters. The van der Waals surface area contributed by atoms with Gasteiger partial charge >= 0.3 is 5.97 Å². The number of aromatic amines is 2. The van der Waals surface area contributed by atoms with Gasteiger partial charge in [0.05, 0.1) is 18.6 Å². The molecule has 0 aliphatic heterocycles. The molecule has 0 saturated carbocycles. The Hall–Kier alpha value is -1.86. The summed E-state index contributed by atoms with van der Waals surface area (Å²) in [5.41, 5.74) is 0.240. The molecule has 0 radical (unpaired) electrons. The van der Waals surface area contributed by atoms with Gasteiger partial charge in [0, 0.05) is 28.1 Å². The summed E-state index contributed by atoms with van der Waals surface area (Å²) < 4.78 is 5.74. The summed E-state index contributed by atoms with van der Waals surface area (Å²) in [6.45, 7) is 1.59. The van der Waals surface area contributed by atoms with Gasteiger partial charge in [0.15, 0.2) is 0 Å². The molecule has 0 unspecified atom stereocenters. The lowest BCUT2D eigenvalue weighted by Gasteiger charge is -2.40. The largest absolute Gasteiger partial charge is 0.469 e. The summed E-state index contributed by atoms with van der Waals surface area (Å²) in [6, 6.07) is 7.37. The summed E-state index contributed by atoms with van der Waals surface area (Å²) in [7, 11) is 1.28. The fourth-order valence-electron chi connectivity index (χ4n) is 3.44. The molecule has 1 aromatic carbocycles. The zero-order chi connectivity index (χ0) is 16.8. The van der Waals surface area contributed by atoms with Gasteiger partial charge in [-0.3, -0.25) is 14.7 Å². The molecule has 23 heavy (non-hydrogen) atoms. The summed E-state index contributed by atoms with van der Waals surface area (Å²) in [6.07, 6.45) is 0.172. The first kappa shape index (κ1) is 16.0. The first-order valence-corrected chi connectivity index (χ1v) is 7.99. The third-order valence-electron chi connectivity index (χ3n) is 4.41. The van der Waals surface area contributed by atoms with Crippen LogP contribution in [0.5, 0.6) is 0 Å². The highest BCUT2D eigenvalue weighted by Gasteiger charge is 2.51. The van der Waals surface area contributed by atoms with Crippen molar-refractivity contribution >= 4 is 21.9 Å². The topological polar surface area (TPSA) is 95.2 Å². The number of methoxy groups -OCH3 is 1. The summed E-state index contributed by atoms with van der Waals surface area (Å²) >= 11 is 3.41. The third kappa shape index (κ3) is 2.64. The molecular weight excluding hydrogens is 364 g/mol. The molecule has 7 heteroatoms. The van der Waals surface area contributed by atoms with Crippen molar-refractivity contribution < 1.29 is 14.6 Å². The van der Waals surface area contributed by atoms with E-state index in [1.54, 1.807) is 6.92 Å². The minimum absolute atomic E-state index is 0.172. The molecule has 0 amide bonds. The number of aromatic nitrogens is 2. The normalized spacial score (nSPS) is 26.6. The lowest BCUT2D eigenvalue weighted by Crippen LogP contribution is -2.49. The van der Waals surface area contributed by atoms with Crippen molar-refractivity contribution in [1.82, 2.24) is 10.2 Å². The van der Waals surface area contributed by atoms with Gasteiger partial charge in [-0.05, 0) is 24.6 Å². The Morgan fingerprint density at radius 1 is 1.43 bits per heavy atom. The number of aliphatic hydroxyl groups is 1. The highest BCUT2D eigenvalue weighted by molar-refractivity contribution is 9.10. The van der Waals surface area contributed by atoms with Crippen LogP contribution in [-0.2, 0) is 16.0 Å². The molecular formula is C16H17BrN2O4. The van der Waals surface area contributed by atoms with E-state index in [2.05, 4.69) is 26.1 Å². The van der Waals surface area contributed by atoms with E-state index in [1.807, 2.05) is 24.3 Å². The number of carbonyl (C=O) groups excluding carboxylic acids is 1. The molecule has 122 valence electrons. The van der Waals surface area contributed by atoms with Crippen molar-refractivity contribution in [2.75, 3.05) is 7.11 Å². The molecule has 3 rings (SSSR count). The van der Waals surface area contributed by atoms with Crippen LogP contribution in [0.1, 0.15) is 29.7 Å². The molecule has 3 N–H and O–H groups in total. The number of hydrogen-bond donors (Lipinski definition) is 3. The number of fused-ring (bicyclic) bond motifs is 1. The van der Waals surface area contributed by atoms with E-state index in [-0.39, 0.29) is 12.0 Å². The number of rotatable bonds is 2. The van der Waals surface area contributed by atoms with Crippen LogP contribution in [0.2, 0.25) is 0 Å². The van der Waals surface area contributed by atoms with Gasteiger partial charge in [-0.2, -0.15) is 0 Å². The highest BCUT2D eigenvalue weighted by atomic mass is 79.9. The molecule has 0 fully saturated rings. The van der Waals surface area contributed by atoms with E-state index in [1.165, 1.54) is 7.11 Å². The van der Waals surface area contributed by atoms with Crippen molar-refractivity contribution in [2.45, 2.75) is 24.9 Å². The fourth-order valence-corrected chi connectivity index (χ4v) is 3.86. The van der Waals surface area contributed by atoms with Crippen molar-refractivity contribution in [3.63, 3.8) is 0 Å². The lowest BCUT2D eigenvalue weighted by molar-refractivity contribution is -0.156. The van der Waals surface area contributed by atoms with E-state index < -0.39 is 23.4 Å². The van der Waals surface area contributed by atoms with E-state index in [4.69, 9.17) is 4.74 Å². The maximum Gasteiger partial charge on any atom is 0.312 e. The maximum atomic E-state index is 12.4. The molecule has 1 aromatic heterocycles. The van der Waals surface area contributed by atoms with E-state index in [9.17, 15) is 14.7 Å². The van der Waals surface area contributed by atoms with Gasteiger partial charge in [0.1, 0.15) is 0 Å². The Kier molecular flexibility index (Phi) is 3.93. The van der Waals surface area contributed by atoms with Crippen LogP contribution >= 0.6 is 15.9 Å². The number of ether oxygens (including phenoxy) is 1. The molecule has 6 nitrogen and oxygen atoms in total. The molecule has 1 aliphatic rings. The van der Waals surface area contributed by atoms with Crippen molar-refractivity contribution in [3.05, 3.63) is 55.9 Å². The Morgan fingerprint density at radius 3 is 2.83 bits per heavy atom. The minimum atomic E-state index is -1.34. The average Bonchev–Trinajstić information content (AvgIpc) is 2.84. The molecule has 0 bridgehead atoms. The van der Waals surface area contributed by atoms with E-state index >= 15 is 0 Å². The zero-order valence-corrected chi connectivity index (χ0v) is 14.3. The predicted octanol–water partition coefficient (Wildman–Crippen LogP) is 1.69. The lowest BCUT2D eigenvalue weighted by atomic mass is 9.66. The van der Waals surface area contributed by atoms with E-state index in [0.29, 0.717) is 11.3 Å². The van der Waals surface area contributed by atoms with Crippen molar-refractivity contribution in [2.24, 2.45) is 5.92 Å². The van der Waals surface area contributed by atoms with Gasteiger partial charge < -0.3 is 14.9 Å². The quantitative estimate of drug-likeness (QED) is 0.690. The summed E-state index contributed by atoms with van der Waals surface area (Å²) in [5, 5.41) is 16.2. The van der Waals surface area contributed by atoms with Gasteiger partial charge in [0.25, 0.3) is 5.56 Å². The summed E-state index contributed by atoms with van der Waals surface area (Å²) in [4.78, 5) is 24.6. The van der Waals surface area contributed by atoms with Crippen LogP contribution in [0.4, 0.5) is 0 Å². The number of nitrogens with one attached hydrogen (secondary N) is 2. The number of benzene rings is 1. The summed E-state index contributed by atoms with van der Waals surface area (Å²) in [5.74, 6) is -1.99. The zero-order valence-electron chi connectivity index (χ0n) is 12.7. The number of hydrogen-bond acceptors (Lipinski definition) is 4. The number of H-pyrrole nitrogens is 2. The fraction of sp³-hybridized carbons (Fsp3) is 0.375. The second kappa shape index (κ2) is 5.65. The highest BCUT2D eigenvalue weighted by Crippen LogP contribution is 2.44. The monoisotopic (exact) mass is 380 g/mol. The van der Waals surface area contributed by atoms with Crippen molar-refractivity contribution in [1.29, 1.82) is 0 Å². The Bertz CT molecular complexity index is 808. The first-order chi connectivity index (χ1) is 10.8. The van der Waals surface area contributed by atoms with Crippen LogP contribution in [0.3, 0.4) is 0 Å². The van der Waals surface area contributed by atoms with Crippen molar-refractivity contribution in [3.8, 4) is 0 Å². The van der Waals surface area contributed by atoms with E-state index in [0.717, 1.165) is 10.0 Å². The van der Waals surface area contributed by atoms with Crippen LogP contribution < -0.4 is 5.56 Å². The molecule has 1 heterocycles. The smallest absolute Gasteiger partial charge is 0.312 e. The standard InChI is InChI=1S/C16H17BrN2O4/c1-16(22)7-10-12(14(20)19-18-10)11(13(16)15(21)23-2)8-4-3-5-9(17)6-8/h3-6,11,13,22H,7H2,1-2H3,(H2,18,19,20)/t11-,13+,16+/m0/s1. The number of esters is 1. The number of halogens is 1. The van der Waals surface area contributed by atoms with Crippen LogP contribution in [0.25, 0.3) is 0 Å². The molecule has 0 spiro atoms. The maximum absolute atomic E-state index is 12.4. The average molecular weight is 381 g/mol. The Morgan fingerprint density at radius 2 is 2.17 bits per heavy atom. The molecule has 0 saturated heterocycles. The van der Waals surface area contributed by atoms with Crippen LogP contribution in [0.15, 0.2) is 33.5 Å². The van der Waals surface area contributed by atoms with Gasteiger partial charge in [-0.25, -0.2) is 0 Å². The Balaban J connectivity index is 2.26. The second-order valence-corrected chi connectivity index (χ2v) is 6.95. The van der Waals surface area contributed by atoms with Gasteiger partial charge in [0.2, 0.25) is 0 Å². The van der Waals surface area contributed by atoms with Crippen LogP contribution in [0, 0.1) is 5.92 Å². The van der Waals surface area contributed by atoms with Crippen LogP contribution in [-0.4, -0.2) is 34.0 Å². The molecule has 1 aliphatic carbocycles. The SMILES string of the molecule is COC(=O)[C@H]1[C@@H](c2cccc(Br)c2)c2c([nH][nH]c2=O)C[C@@]1(C)O.